The quantitative estimate of drug-likeness (QED) is 0.244. The second-order valence-corrected chi connectivity index (χ2v) is 7.68. The Morgan fingerprint density at radius 2 is 1.36 bits per heavy atom. The van der Waals surface area contributed by atoms with Crippen LogP contribution < -0.4 is 0 Å². The molecule has 0 atom stereocenters. The predicted octanol–water partition coefficient (Wildman–Crippen LogP) is 5.23. The van der Waals surface area contributed by atoms with E-state index in [2.05, 4.69) is 11.3 Å². The molecule has 3 nitrogen and oxygen atoms in total. The lowest BCUT2D eigenvalue weighted by molar-refractivity contribution is -0.275. The molecule has 0 fully saturated rings. The topological polar surface area (TPSA) is 27.7 Å². The van der Waals surface area contributed by atoms with Gasteiger partial charge in [-0.3, -0.25) is 0 Å². The molecule has 0 rings (SSSR count). The summed E-state index contributed by atoms with van der Waals surface area (Å²) in [6.07, 6.45) is -2.78. The van der Waals surface area contributed by atoms with Gasteiger partial charge in [0, 0.05) is 19.3 Å². The van der Waals surface area contributed by atoms with Crippen molar-refractivity contribution in [3.8, 4) is 0 Å². The molecule has 0 N–H and O–H groups in total. The smallest absolute Gasteiger partial charge is 0.374 e. The van der Waals surface area contributed by atoms with Crippen LogP contribution in [0.3, 0.4) is 0 Å². The summed E-state index contributed by atoms with van der Waals surface area (Å²) in [7, 11) is -3.79. The average Bonchev–Trinajstić information content (AvgIpc) is 2.42. The molecule has 0 aromatic carbocycles. The molecule has 0 aromatic rings. The van der Waals surface area contributed by atoms with Gasteiger partial charge < -0.3 is 13.3 Å². The molecule has 0 aliphatic heterocycles. The zero-order valence-electron chi connectivity index (χ0n) is 13.7. The van der Waals surface area contributed by atoms with Crippen molar-refractivity contribution in [2.75, 3.05) is 13.2 Å². The minimum Gasteiger partial charge on any atom is -0.374 e. The van der Waals surface area contributed by atoms with E-state index < -0.39 is 21.3 Å². The molecule has 0 aromatic heterocycles. The zero-order valence-corrected chi connectivity index (χ0v) is 14.7. The number of halogens is 4. The average molecular weight is 348 g/mol. The van der Waals surface area contributed by atoms with E-state index in [0.29, 0.717) is 6.42 Å². The van der Waals surface area contributed by atoms with Crippen molar-refractivity contribution in [2.45, 2.75) is 77.9 Å². The van der Waals surface area contributed by atoms with E-state index >= 15 is 0 Å². The first-order valence-corrected chi connectivity index (χ1v) is 9.90. The minimum absolute atomic E-state index is 0.0847. The first-order valence-electron chi connectivity index (χ1n) is 7.97. The highest BCUT2D eigenvalue weighted by Gasteiger charge is 2.54. The van der Waals surface area contributed by atoms with Crippen molar-refractivity contribution >= 4 is 8.80 Å². The molecule has 0 saturated heterocycles. The summed E-state index contributed by atoms with van der Waals surface area (Å²) in [6, 6.07) is 0.128. The van der Waals surface area contributed by atoms with Gasteiger partial charge in [0.2, 0.25) is 0 Å². The van der Waals surface area contributed by atoms with E-state index in [-0.39, 0.29) is 19.3 Å². The van der Waals surface area contributed by atoms with Gasteiger partial charge in [-0.15, -0.1) is 0 Å². The number of hydrogen-bond donors (Lipinski definition) is 0. The number of rotatable bonds is 14. The number of hydrogen-bond acceptors (Lipinski definition) is 3. The van der Waals surface area contributed by atoms with Gasteiger partial charge in [0.25, 0.3) is 0 Å². The Balaban J connectivity index is 4.63. The van der Waals surface area contributed by atoms with Gasteiger partial charge in [0.05, 0.1) is 0 Å². The SMILES string of the molecule is CCCCCCCC[Si](OCC)(OCC)OC(F)(F)C(F)F. The third kappa shape index (κ3) is 8.45. The Labute approximate surface area is 131 Å². The van der Waals surface area contributed by atoms with Crippen LogP contribution in [0.2, 0.25) is 6.04 Å². The van der Waals surface area contributed by atoms with Gasteiger partial charge in [-0.2, -0.15) is 8.78 Å². The van der Waals surface area contributed by atoms with E-state index in [9.17, 15) is 17.6 Å². The highest BCUT2D eigenvalue weighted by Crippen LogP contribution is 2.32. The fourth-order valence-corrected chi connectivity index (χ4v) is 4.77. The summed E-state index contributed by atoms with van der Waals surface area (Å²) in [5, 5.41) is 0. The Bertz CT molecular complexity index is 275. The standard InChI is InChI=1S/C14H28F4O3Si/c1-4-7-8-9-10-11-12-22(19-5-2,20-6-3)21-14(17,18)13(15)16/h13H,4-12H2,1-3H3. The molecule has 22 heavy (non-hydrogen) atoms. The third-order valence-corrected chi connectivity index (χ3v) is 6.12. The summed E-state index contributed by atoms with van der Waals surface area (Å²) >= 11 is 0. The van der Waals surface area contributed by atoms with Crippen LogP contribution in [0.5, 0.6) is 0 Å². The lowest BCUT2D eigenvalue weighted by atomic mass is 10.1. The van der Waals surface area contributed by atoms with E-state index in [4.69, 9.17) is 8.85 Å². The molecule has 0 amide bonds. The number of alkyl halides is 4. The van der Waals surface area contributed by atoms with Crippen LogP contribution in [0.15, 0.2) is 0 Å². The van der Waals surface area contributed by atoms with Crippen molar-refractivity contribution in [3.05, 3.63) is 0 Å². The van der Waals surface area contributed by atoms with E-state index in [1.807, 2.05) is 0 Å². The highest BCUT2D eigenvalue weighted by molar-refractivity contribution is 6.60. The van der Waals surface area contributed by atoms with E-state index in [0.717, 1.165) is 32.1 Å². The van der Waals surface area contributed by atoms with Gasteiger partial charge in [-0.05, 0) is 20.3 Å². The maximum absolute atomic E-state index is 13.3. The molecule has 134 valence electrons. The molecule has 0 bridgehead atoms. The third-order valence-electron chi connectivity index (χ3n) is 3.11. The zero-order chi connectivity index (χ0) is 17.1. The molecule has 0 aliphatic carbocycles. The second-order valence-electron chi connectivity index (χ2n) is 5.03. The molecule has 0 spiro atoms. The van der Waals surface area contributed by atoms with Crippen LogP contribution in [-0.2, 0) is 13.3 Å². The molecular formula is C14H28F4O3Si. The maximum Gasteiger partial charge on any atom is 0.505 e. The Morgan fingerprint density at radius 1 is 0.864 bits per heavy atom. The molecular weight excluding hydrogens is 320 g/mol. The summed E-state index contributed by atoms with van der Waals surface area (Å²) in [5.41, 5.74) is 0. The maximum atomic E-state index is 13.3. The molecule has 0 radical (unpaired) electrons. The fourth-order valence-electron chi connectivity index (χ4n) is 2.11. The van der Waals surface area contributed by atoms with Crippen LogP contribution in [0, 0.1) is 0 Å². The van der Waals surface area contributed by atoms with Crippen LogP contribution in [0.25, 0.3) is 0 Å². The second kappa shape index (κ2) is 11.4. The van der Waals surface area contributed by atoms with Gasteiger partial charge in [0.15, 0.2) is 0 Å². The van der Waals surface area contributed by atoms with Crippen LogP contribution in [-0.4, -0.2) is 34.6 Å². The molecule has 8 heteroatoms. The lowest BCUT2D eigenvalue weighted by Crippen LogP contribution is -2.52. The van der Waals surface area contributed by atoms with Gasteiger partial charge in [0.1, 0.15) is 0 Å². The van der Waals surface area contributed by atoms with Gasteiger partial charge >= 0.3 is 21.3 Å². The summed E-state index contributed by atoms with van der Waals surface area (Å²) in [5.74, 6) is 0. The molecule has 0 saturated carbocycles. The van der Waals surface area contributed by atoms with E-state index in [1.54, 1.807) is 13.8 Å². The largest absolute Gasteiger partial charge is 0.505 e. The van der Waals surface area contributed by atoms with Gasteiger partial charge in [-0.1, -0.05) is 39.0 Å². The van der Waals surface area contributed by atoms with Crippen molar-refractivity contribution in [1.82, 2.24) is 0 Å². The first kappa shape index (κ1) is 21.8. The first-order chi connectivity index (χ1) is 10.3. The Hall–Kier alpha value is -0.183. The minimum atomic E-state index is -4.54. The number of unbranched alkanes of at least 4 members (excludes halogenated alkanes) is 5. The molecule has 0 aliphatic rings. The van der Waals surface area contributed by atoms with Crippen molar-refractivity contribution in [2.24, 2.45) is 0 Å². The normalized spacial score (nSPS) is 13.1. The summed E-state index contributed by atoms with van der Waals surface area (Å²) < 4.78 is 66.2. The lowest BCUT2D eigenvalue weighted by Gasteiger charge is -2.32. The molecule has 0 heterocycles. The van der Waals surface area contributed by atoms with Crippen LogP contribution >= 0.6 is 0 Å². The summed E-state index contributed by atoms with van der Waals surface area (Å²) in [6.45, 7) is 5.48. The Morgan fingerprint density at radius 3 is 1.82 bits per heavy atom. The van der Waals surface area contributed by atoms with Crippen molar-refractivity contribution in [1.29, 1.82) is 0 Å². The van der Waals surface area contributed by atoms with E-state index in [1.165, 1.54) is 0 Å². The van der Waals surface area contributed by atoms with Crippen LogP contribution in [0.1, 0.15) is 59.3 Å². The molecule has 0 unspecified atom stereocenters. The van der Waals surface area contributed by atoms with Gasteiger partial charge in [-0.25, -0.2) is 8.78 Å². The predicted molar refractivity (Wildman–Crippen MR) is 79.2 cm³/mol. The Kier molecular flexibility index (Phi) is 11.3. The van der Waals surface area contributed by atoms with Crippen LogP contribution in [0.4, 0.5) is 17.6 Å². The monoisotopic (exact) mass is 348 g/mol. The highest BCUT2D eigenvalue weighted by atomic mass is 28.4. The fraction of sp³-hybridized carbons (Fsp3) is 1.00. The summed E-state index contributed by atoms with van der Waals surface area (Å²) in [4.78, 5) is 0. The van der Waals surface area contributed by atoms with Crippen molar-refractivity contribution < 1.29 is 30.8 Å². The van der Waals surface area contributed by atoms with Crippen molar-refractivity contribution in [3.63, 3.8) is 0 Å².